The molecule has 10 heteroatoms. The van der Waals surface area contributed by atoms with Crippen LogP contribution in [-0.4, -0.2) is 19.5 Å². The van der Waals surface area contributed by atoms with Crippen LogP contribution in [0.5, 0.6) is 0 Å². The van der Waals surface area contributed by atoms with Gasteiger partial charge in [-0.15, -0.1) is 11.3 Å². The maximum absolute atomic E-state index is 13.0. The number of sulfonamides is 1. The normalized spacial score (nSPS) is 14.2. The summed E-state index contributed by atoms with van der Waals surface area (Å²) in [4.78, 5) is 12.7. The second kappa shape index (κ2) is 8.04. The largest absolute Gasteiger partial charge is 0.354 e. The van der Waals surface area contributed by atoms with Crippen molar-refractivity contribution in [2.24, 2.45) is 5.92 Å². The monoisotopic (exact) mass is 447 g/mol. The highest BCUT2D eigenvalue weighted by atomic mass is 32.2. The summed E-state index contributed by atoms with van der Waals surface area (Å²) in [5.41, 5.74) is 1.36. The Labute approximate surface area is 176 Å². The van der Waals surface area contributed by atoms with E-state index in [1.165, 1.54) is 30.3 Å². The lowest BCUT2D eigenvalue weighted by Crippen LogP contribution is -2.14. The van der Waals surface area contributed by atoms with Gasteiger partial charge in [-0.05, 0) is 68.3 Å². The summed E-state index contributed by atoms with van der Waals surface area (Å²) in [7, 11) is -3.79. The Kier molecular flexibility index (Phi) is 5.44. The average Bonchev–Trinajstić information content (AvgIpc) is 3.35. The molecule has 0 radical (unpaired) electrons. The van der Waals surface area contributed by atoms with Crippen molar-refractivity contribution in [2.45, 2.75) is 24.0 Å². The molecule has 4 rings (SSSR count). The van der Waals surface area contributed by atoms with Crippen LogP contribution in [0.25, 0.3) is 12.2 Å². The first-order valence-electron chi connectivity index (χ1n) is 9.15. The molecular formula is C20H18FN3O4S2. The molecule has 0 spiro atoms. The van der Waals surface area contributed by atoms with Crippen molar-refractivity contribution in [1.29, 1.82) is 0 Å². The summed E-state index contributed by atoms with van der Waals surface area (Å²) < 4.78 is 45.9. The maximum Gasteiger partial charge on any atom is 0.271 e. The highest BCUT2D eigenvalue weighted by Crippen LogP contribution is 2.32. The van der Waals surface area contributed by atoms with Gasteiger partial charge in [0.15, 0.2) is 5.76 Å². The van der Waals surface area contributed by atoms with E-state index in [2.05, 4.69) is 15.2 Å². The number of nitrogens with zero attached hydrogens (tertiary/aromatic N) is 1. The van der Waals surface area contributed by atoms with E-state index in [9.17, 15) is 17.6 Å². The van der Waals surface area contributed by atoms with Crippen LogP contribution in [0, 0.1) is 18.7 Å². The number of aromatic nitrogens is 1. The Morgan fingerprint density at radius 2 is 1.93 bits per heavy atom. The van der Waals surface area contributed by atoms with Gasteiger partial charge in [-0.3, -0.25) is 9.52 Å². The van der Waals surface area contributed by atoms with E-state index in [1.54, 1.807) is 25.1 Å². The molecule has 0 bridgehead atoms. The van der Waals surface area contributed by atoms with E-state index < -0.39 is 15.8 Å². The van der Waals surface area contributed by atoms with E-state index in [0.717, 1.165) is 24.2 Å². The maximum atomic E-state index is 13.0. The molecule has 0 atom stereocenters. The van der Waals surface area contributed by atoms with E-state index in [1.807, 2.05) is 0 Å². The zero-order valence-electron chi connectivity index (χ0n) is 15.9. The predicted molar refractivity (Wildman–Crippen MR) is 113 cm³/mol. The van der Waals surface area contributed by atoms with Crippen LogP contribution in [-0.2, 0) is 14.8 Å². The van der Waals surface area contributed by atoms with Crippen molar-refractivity contribution >= 4 is 50.8 Å². The van der Waals surface area contributed by atoms with Gasteiger partial charge >= 0.3 is 0 Å². The van der Waals surface area contributed by atoms with Crippen molar-refractivity contribution in [1.82, 2.24) is 5.16 Å². The number of hydrogen-bond acceptors (Lipinski definition) is 6. The first kappa shape index (κ1) is 20.3. The minimum Gasteiger partial charge on any atom is -0.354 e. The number of rotatable bonds is 7. The summed E-state index contributed by atoms with van der Waals surface area (Å²) in [6.07, 6.45) is 5.10. The van der Waals surface area contributed by atoms with E-state index >= 15 is 0 Å². The minimum atomic E-state index is -3.79. The fourth-order valence-electron chi connectivity index (χ4n) is 2.67. The van der Waals surface area contributed by atoms with E-state index in [-0.39, 0.29) is 21.7 Å². The topological polar surface area (TPSA) is 101 Å². The van der Waals surface area contributed by atoms with Crippen LogP contribution >= 0.6 is 11.3 Å². The highest BCUT2D eigenvalue weighted by Gasteiger charge is 2.30. The van der Waals surface area contributed by atoms with Gasteiger partial charge in [0, 0.05) is 16.5 Å². The number of aryl methyl sites for hydroxylation is 1. The Morgan fingerprint density at radius 1 is 1.20 bits per heavy atom. The van der Waals surface area contributed by atoms with Crippen LogP contribution < -0.4 is 10.0 Å². The molecule has 1 fully saturated rings. The third-order valence-electron chi connectivity index (χ3n) is 4.45. The molecule has 2 N–H and O–H groups in total. The van der Waals surface area contributed by atoms with Crippen molar-refractivity contribution in [2.75, 3.05) is 10.0 Å². The lowest BCUT2D eigenvalue weighted by Gasteiger charge is -2.05. The minimum absolute atomic E-state index is 0.0488. The third-order valence-corrected chi connectivity index (χ3v) is 7.37. The molecule has 3 aromatic rings. The van der Waals surface area contributed by atoms with Gasteiger partial charge in [0.2, 0.25) is 5.91 Å². The van der Waals surface area contributed by atoms with E-state index in [4.69, 9.17) is 4.52 Å². The molecule has 7 nitrogen and oxygen atoms in total. The van der Waals surface area contributed by atoms with Crippen molar-refractivity contribution in [3.63, 3.8) is 0 Å². The number of amides is 1. The fourth-order valence-corrected chi connectivity index (χ4v) is 4.96. The van der Waals surface area contributed by atoms with Gasteiger partial charge in [-0.25, -0.2) is 12.8 Å². The quantitative estimate of drug-likeness (QED) is 0.555. The van der Waals surface area contributed by atoms with Crippen LogP contribution in [0.2, 0.25) is 0 Å². The first-order chi connectivity index (χ1) is 14.3. The predicted octanol–water partition coefficient (Wildman–Crippen LogP) is 4.50. The summed E-state index contributed by atoms with van der Waals surface area (Å²) in [5, 5.41) is 6.73. The Hall–Kier alpha value is -2.98. The van der Waals surface area contributed by atoms with Crippen molar-refractivity contribution in [3.05, 3.63) is 58.5 Å². The molecule has 156 valence electrons. The van der Waals surface area contributed by atoms with Gasteiger partial charge in [-0.2, -0.15) is 0 Å². The van der Waals surface area contributed by atoms with Crippen LogP contribution in [0.15, 0.2) is 45.1 Å². The van der Waals surface area contributed by atoms with Gasteiger partial charge in [0.1, 0.15) is 21.4 Å². The molecule has 1 aliphatic carbocycles. The second-order valence-corrected chi connectivity index (χ2v) is 9.90. The average molecular weight is 448 g/mol. The van der Waals surface area contributed by atoms with Crippen LogP contribution in [0.3, 0.4) is 0 Å². The zero-order valence-corrected chi connectivity index (χ0v) is 17.5. The summed E-state index contributed by atoms with van der Waals surface area (Å²) >= 11 is 1.06. The van der Waals surface area contributed by atoms with Gasteiger partial charge < -0.3 is 9.84 Å². The number of nitrogens with one attached hydrogen (secondary N) is 2. The van der Waals surface area contributed by atoms with Gasteiger partial charge in [0.25, 0.3) is 10.0 Å². The van der Waals surface area contributed by atoms with Crippen LogP contribution in [0.4, 0.5) is 15.8 Å². The fraction of sp³-hybridized carbons (Fsp3) is 0.200. The number of thiophene rings is 1. The SMILES string of the molecule is Cc1noc(C=Cc2ccc(S(=O)(=O)Nc3ccc(F)cc3)s2)c1NC(=O)C1CC1. The third kappa shape index (κ3) is 4.60. The number of anilines is 2. The van der Waals surface area contributed by atoms with Crippen molar-refractivity contribution in [3.8, 4) is 0 Å². The lowest BCUT2D eigenvalue weighted by molar-refractivity contribution is -0.117. The molecule has 0 unspecified atom stereocenters. The highest BCUT2D eigenvalue weighted by molar-refractivity contribution is 7.94. The molecule has 2 heterocycles. The Balaban J connectivity index is 1.48. The van der Waals surface area contributed by atoms with Gasteiger partial charge in [-0.1, -0.05) is 5.16 Å². The Morgan fingerprint density at radius 3 is 2.63 bits per heavy atom. The smallest absolute Gasteiger partial charge is 0.271 e. The number of benzene rings is 1. The number of halogens is 1. The molecule has 1 saturated carbocycles. The molecule has 30 heavy (non-hydrogen) atoms. The molecular weight excluding hydrogens is 429 g/mol. The van der Waals surface area contributed by atoms with E-state index in [0.29, 0.717) is 22.0 Å². The summed E-state index contributed by atoms with van der Waals surface area (Å²) in [6.45, 7) is 1.74. The molecule has 1 aromatic carbocycles. The summed E-state index contributed by atoms with van der Waals surface area (Å²) in [6, 6.07) is 8.21. The first-order valence-corrected chi connectivity index (χ1v) is 11.5. The Bertz CT molecular complexity index is 1210. The second-order valence-electron chi connectivity index (χ2n) is 6.87. The molecule has 1 aliphatic rings. The van der Waals surface area contributed by atoms with Crippen LogP contribution in [0.1, 0.15) is 29.2 Å². The zero-order chi connectivity index (χ0) is 21.3. The molecule has 2 aromatic heterocycles. The molecule has 1 amide bonds. The number of carbonyl (C=O) groups is 1. The number of hydrogen-bond donors (Lipinski definition) is 2. The van der Waals surface area contributed by atoms with Crippen molar-refractivity contribution < 1.29 is 22.1 Å². The summed E-state index contributed by atoms with van der Waals surface area (Å²) in [5.74, 6) is -0.0531. The lowest BCUT2D eigenvalue weighted by atomic mass is 10.2. The standard InChI is InChI=1S/C20H18FN3O4S2/c1-12-19(22-20(25)13-2-3-13)17(28-23-12)10-8-16-9-11-18(29-16)30(26,27)24-15-6-4-14(21)5-7-15/h4-11,13,24H,2-3H2,1H3,(H,22,25). The van der Waals surface area contributed by atoms with Gasteiger partial charge in [0.05, 0.1) is 0 Å². The number of carbonyl (C=O) groups excluding carboxylic acids is 1. The molecule has 0 aliphatic heterocycles. The molecule has 0 saturated heterocycles.